The maximum atomic E-state index is 13.2. The number of carbonyl (C=O) groups is 1. The summed E-state index contributed by atoms with van der Waals surface area (Å²) in [6.45, 7) is 0.112. The molecule has 0 saturated heterocycles. The van der Waals surface area contributed by atoms with E-state index in [0.717, 1.165) is 15.4 Å². The Labute approximate surface area is 176 Å². The van der Waals surface area contributed by atoms with Crippen molar-refractivity contribution in [1.29, 1.82) is 0 Å². The number of carbonyl (C=O) groups excluding carboxylic acids is 1. The summed E-state index contributed by atoms with van der Waals surface area (Å²) in [6, 6.07) is 24.6. The molecule has 0 aliphatic rings. The van der Waals surface area contributed by atoms with Crippen LogP contribution in [0.2, 0.25) is 5.02 Å². The van der Waals surface area contributed by atoms with Gasteiger partial charge in [-0.3, -0.25) is 4.79 Å². The van der Waals surface area contributed by atoms with Crippen LogP contribution >= 0.6 is 11.6 Å². The fourth-order valence-electron chi connectivity index (χ4n) is 2.80. The zero-order valence-electron chi connectivity index (χ0n) is 15.7. The molecule has 29 heavy (non-hydrogen) atoms. The Morgan fingerprint density at radius 3 is 2.10 bits per heavy atom. The van der Waals surface area contributed by atoms with Crippen LogP contribution in [0.5, 0.6) is 0 Å². The first kappa shape index (κ1) is 21.0. The van der Waals surface area contributed by atoms with Gasteiger partial charge in [0.25, 0.3) is 0 Å². The summed E-state index contributed by atoms with van der Waals surface area (Å²) < 4.78 is 27.5. The highest BCUT2D eigenvalue weighted by Crippen LogP contribution is 2.21. The van der Waals surface area contributed by atoms with Gasteiger partial charge in [0.15, 0.2) is 0 Å². The quantitative estimate of drug-likeness (QED) is 0.592. The Morgan fingerprint density at radius 2 is 1.48 bits per heavy atom. The Morgan fingerprint density at radius 1 is 0.862 bits per heavy atom. The maximum absolute atomic E-state index is 13.2. The van der Waals surface area contributed by atoms with Gasteiger partial charge in [-0.05, 0) is 29.3 Å². The predicted octanol–water partition coefficient (Wildman–Crippen LogP) is 3.85. The van der Waals surface area contributed by atoms with E-state index in [9.17, 15) is 13.2 Å². The predicted molar refractivity (Wildman–Crippen MR) is 114 cm³/mol. The van der Waals surface area contributed by atoms with Crippen LogP contribution in [0.1, 0.15) is 11.1 Å². The minimum Gasteiger partial charge on any atom is -0.351 e. The Kier molecular flexibility index (Phi) is 7.04. The van der Waals surface area contributed by atoms with Crippen molar-refractivity contribution >= 4 is 27.5 Å². The van der Waals surface area contributed by atoms with Crippen LogP contribution in [-0.4, -0.2) is 25.2 Å². The first-order chi connectivity index (χ1) is 13.9. The highest BCUT2D eigenvalue weighted by molar-refractivity contribution is 7.89. The van der Waals surface area contributed by atoms with Crippen molar-refractivity contribution in [1.82, 2.24) is 9.62 Å². The van der Waals surface area contributed by atoms with E-state index in [2.05, 4.69) is 5.32 Å². The number of sulfonamides is 1. The number of benzene rings is 3. The molecule has 3 aromatic rings. The summed E-state index contributed by atoms with van der Waals surface area (Å²) in [7, 11) is -3.91. The molecule has 0 spiro atoms. The second kappa shape index (κ2) is 9.69. The second-order valence-corrected chi connectivity index (χ2v) is 8.85. The van der Waals surface area contributed by atoms with Crippen LogP contribution in [0.25, 0.3) is 0 Å². The average Bonchev–Trinajstić information content (AvgIpc) is 2.73. The van der Waals surface area contributed by atoms with Crippen LogP contribution in [0, 0.1) is 0 Å². The number of hydrogen-bond donors (Lipinski definition) is 1. The van der Waals surface area contributed by atoms with Crippen LogP contribution in [-0.2, 0) is 27.9 Å². The van der Waals surface area contributed by atoms with E-state index in [4.69, 9.17) is 11.6 Å². The van der Waals surface area contributed by atoms with Gasteiger partial charge in [0.2, 0.25) is 15.9 Å². The number of rotatable bonds is 8. The minimum absolute atomic E-state index is 0.0526. The van der Waals surface area contributed by atoms with Crippen molar-refractivity contribution in [3.8, 4) is 0 Å². The second-order valence-electron chi connectivity index (χ2n) is 6.48. The van der Waals surface area contributed by atoms with E-state index in [1.807, 2.05) is 60.7 Å². The van der Waals surface area contributed by atoms with Crippen LogP contribution < -0.4 is 5.32 Å². The average molecular weight is 429 g/mol. The summed E-state index contributed by atoms with van der Waals surface area (Å²) in [4.78, 5) is 12.6. The number of nitrogens with zero attached hydrogens (tertiary/aromatic N) is 1. The molecule has 0 aliphatic carbocycles. The monoisotopic (exact) mass is 428 g/mol. The third-order valence-electron chi connectivity index (χ3n) is 4.29. The van der Waals surface area contributed by atoms with Crippen molar-refractivity contribution in [2.45, 2.75) is 18.0 Å². The first-order valence-electron chi connectivity index (χ1n) is 9.05. The maximum Gasteiger partial charge on any atom is 0.243 e. The molecule has 0 radical (unpaired) electrons. The number of amides is 1. The summed E-state index contributed by atoms with van der Waals surface area (Å²) in [5, 5.41) is 3.10. The minimum atomic E-state index is -3.91. The number of halogens is 1. The molecule has 0 aromatic heterocycles. The molecule has 0 aliphatic heterocycles. The lowest BCUT2D eigenvalue weighted by atomic mass is 10.2. The fraction of sp³-hybridized carbons (Fsp3) is 0.136. The third kappa shape index (κ3) is 5.90. The van der Waals surface area contributed by atoms with E-state index in [1.165, 1.54) is 12.1 Å². The molecule has 0 fully saturated rings. The molecule has 0 saturated carbocycles. The van der Waals surface area contributed by atoms with E-state index in [0.29, 0.717) is 11.6 Å². The molecule has 0 atom stereocenters. The van der Waals surface area contributed by atoms with E-state index in [-0.39, 0.29) is 23.9 Å². The molecule has 0 heterocycles. The van der Waals surface area contributed by atoms with Crippen LogP contribution in [0.4, 0.5) is 0 Å². The molecule has 3 rings (SSSR count). The summed E-state index contributed by atoms with van der Waals surface area (Å²) in [5.41, 5.74) is 1.72. The lowest BCUT2D eigenvalue weighted by Crippen LogP contribution is -2.40. The molecule has 150 valence electrons. The molecule has 7 heteroatoms. The smallest absolute Gasteiger partial charge is 0.243 e. The van der Waals surface area contributed by atoms with Gasteiger partial charge in [-0.25, -0.2) is 8.42 Å². The van der Waals surface area contributed by atoms with E-state index >= 15 is 0 Å². The van der Waals surface area contributed by atoms with Crippen LogP contribution in [0.3, 0.4) is 0 Å². The lowest BCUT2D eigenvalue weighted by molar-refractivity contribution is -0.121. The van der Waals surface area contributed by atoms with E-state index in [1.54, 1.807) is 12.1 Å². The van der Waals surface area contributed by atoms with Gasteiger partial charge in [0, 0.05) is 18.1 Å². The van der Waals surface area contributed by atoms with Gasteiger partial charge in [0.1, 0.15) is 0 Å². The summed E-state index contributed by atoms with van der Waals surface area (Å²) in [5.74, 6) is -0.379. The van der Waals surface area contributed by atoms with E-state index < -0.39 is 10.0 Å². The molecule has 3 aromatic carbocycles. The molecule has 1 amide bonds. The Bertz CT molecular complexity index is 1060. The fourth-order valence-corrected chi connectivity index (χ4v) is 4.49. The van der Waals surface area contributed by atoms with Crippen molar-refractivity contribution in [2.75, 3.05) is 6.54 Å². The van der Waals surface area contributed by atoms with Gasteiger partial charge in [-0.2, -0.15) is 4.31 Å². The third-order valence-corrected chi connectivity index (χ3v) is 6.31. The molecule has 0 bridgehead atoms. The molecular weight excluding hydrogens is 408 g/mol. The SMILES string of the molecule is O=C(CN(Cc1ccccc1)S(=O)(=O)c1cccc(Cl)c1)NCc1ccccc1. The van der Waals surface area contributed by atoms with Gasteiger partial charge in [-0.15, -0.1) is 0 Å². The topological polar surface area (TPSA) is 66.5 Å². The molecular formula is C22H21ClN2O3S. The molecule has 5 nitrogen and oxygen atoms in total. The van der Waals surface area contributed by atoms with Crippen LogP contribution in [0.15, 0.2) is 89.8 Å². The van der Waals surface area contributed by atoms with Crippen molar-refractivity contribution < 1.29 is 13.2 Å². The summed E-state index contributed by atoms with van der Waals surface area (Å²) in [6.07, 6.45) is 0. The molecule has 1 N–H and O–H groups in total. The van der Waals surface area contributed by atoms with Gasteiger partial charge in [0.05, 0.1) is 11.4 Å². The largest absolute Gasteiger partial charge is 0.351 e. The van der Waals surface area contributed by atoms with Gasteiger partial charge in [-0.1, -0.05) is 78.3 Å². The van der Waals surface area contributed by atoms with Crippen molar-refractivity contribution in [3.63, 3.8) is 0 Å². The standard InChI is InChI=1S/C22H21ClN2O3S/c23-20-12-7-13-21(14-20)29(27,28)25(16-19-10-5-2-6-11-19)17-22(26)24-15-18-8-3-1-4-9-18/h1-14H,15-17H2,(H,24,26). The normalized spacial score (nSPS) is 11.4. The van der Waals surface area contributed by atoms with Gasteiger partial charge < -0.3 is 5.32 Å². The zero-order chi connectivity index (χ0) is 20.7. The highest BCUT2D eigenvalue weighted by atomic mass is 35.5. The van der Waals surface area contributed by atoms with Crippen molar-refractivity contribution in [3.05, 3.63) is 101 Å². The number of hydrogen-bond acceptors (Lipinski definition) is 3. The van der Waals surface area contributed by atoms with Crippen molar-refractivity contribution in [2.24, 2.45) is 0 Å². The number of nitrogens with one attached hydrogen (secondary N) is 1. The first-order valence-corrected chi connectivity index (χ1v) is 10.9. The Hall–Kier alpha value is -2.67. The zero-order valence-corrected chi connectivity index (χ0v) is 17.2. The highest BCUT2D eigenvalue weighted by Gasteiger charge is 2.27. The van der Waals surface area contributed by atoms with Gasteiger partial charge >= 0.3 is 0 Å². The lowest BCUT2D eigenvalue weighted by Gasteiger charge is -2.22. The Balaban J connectivity index is 1.80. The summed E-state index contributed by atoms with van der Waals surface area (Å²) >= 11 is 5.98. The molecule has 0 unspecified atom stereocenters.